The van der Waals surface area contributed by atoms with Gasteiger partial charge in [-0.25, -0.2) is 0 Å². The fraction of sp³-hybridized carbons (Fsp3) is 1.00. The lowest BCUT2D eigenvalue weighted by molar-refractivity contribution is 0.469. The summed E-state index contributed by atoms with van der Waals surface area (Å²) in [5.74, 6) is 0. The van der Waals surface area contributed by atoms with Gasteiger partial charge in [0.1, 0.15) is 0 Å². The fourth-order valence-corrected chi connectivity index (χ4v) is 5.18. The maximum Gasteiger partial charge on any atom is 0.0229 e. The number of rotatable bonds is 25. The summed E-state index contributed by atoms with van der Waals surface area (Å²) in [6, 6.07) is 0. The van der Waals surface area contributed by atoms with Crippen LogP contribution in [0.1, 0.15) is 181 Å². The predicted octanol–water partition coefficient (Wildman–Crippen LogP) is 11.9. The molecule has 0 heterocycles. The molecule has 1 atom stereocenters. The molecule has 0 bridgehead atoms. The van der Waals surface area contributed by atoms with Crippen LogP contribution in [-0.4, -0.2) is 4.32 Å². The standard InChI is InChI=1S/C29H59Br/c1-4-6-8-10-12-14-16-18-20-22-24-26-28-29(3,30)27-25-23-21-19-17-15-13-11-9-7-5-2/h4-28H2,1-3H3. The molecular weight excluding hydrogens is 428 g/mol. The minimum absolute atomic E-state index is 0.394. The number of alkyl halides is 1. The van der Waals surface area contributed by atoms with Gasteiger partial charge in [-0.1, -0.05) is 177 Å². The van der Waals surface area contributed by atoms with E-state index in [0.29, 0.717) is 4.32 Å². The quantitative estimate of drug-likeness (QED) is 0.0887. The van der Waals surface area contributed by atoms with Crippen LogP contribution in [0.25, 0.3) is 0 Å². The predicted molar refractivity (Wildman–Crippen MR) is 144 cm³/mol. The highest BCUT2D eigenvalue weighted by molar-refractivity contribution is 9.10. The molecule has 0 aliphatic carbocycles. The zero-order valence-electron chi connectivity index (χ0n) is 21.6. The van der Waals surface area contributed by atoms with Crippen molar-refractivity contribution in [2.45, 2.75) is 186 Å². The van der Waals surface area contributed by atoms with E-state index < -0.39 is 0 Å². The van der Waals surface area contributed by atoms with Crippen molar-refractivity contribution < 1.29 is 0 Å². The van der Waals surface area contributed by atoms with E-state index in [4.69, 9.17) is 0 Å². The molecule has 0 rings (SSSR count). The summed E-state index contributed by atoms with van der Waals surface area (Å²) >= 11 is 4.04. The summed E-state index contributed by atoms with van der Waals surface area (Å²) in [6.07, 6.45) is 36.0. The molecular formula is C29H59Br. The minimum Gasteiger partial charge on any atom is -0.0856 e. The summed E-state index contributed by atoms with van der Waals surface area (Å²) in [5, 5.41) is 0. The van der Waals surface area contributed by atoms with Gasteiger partial charge in [0.05, 0.1) is 0 Å². The van der Waals surface area contributed by atoms with Gasteiger partial charge in [-0.2, -0.15) is 0 Å². The molecule has 0 saturated heterocycles. The molecule has 0 saturated carbocycles. The second kappa shape index (κ2) is 24.1. The zero-order chi connectivity index (χ0) is 22.2. The van der Waals surface area contributed by atoms with Crippen LogP contribution in [0.3, 0.4) is 0 Å². The molecule has 0 nitrogen and oxygen atoms in total. The first kappa shape index (κ1) is 30.5. The first-order valence-electron chi connectivity index (χ1n) is 14.3. The topological polar surface area (TPSA) is 0 Å². The van der Waals surface area contributed by atoms with Gasteiger partial charge in [-0.15, -0.1) is 0 Å². The van der Waals surface area contributed by atoms with E-state index in [-0.39, 0.29) is 0 Å². The SMILES string of the molecule is CCCCCCCCCCCCCCC(C)(Br)CCCCCCCCCCCCC. The molecule has 0 aromatic rings. The van der Waals surface area contributed by atoms with E-state index in [2.05, 4.69) is 36.7 Å². The first-order chi connectivity index (χ1) is 14.6. The lowest BCUT2D eigenvalue weighted by atomic mass is 9.95. The van der Waals surface area contributed by atoms with Crippen LogP contribution >= 0.6 is 15.9 Å². The summed E-state index contributed by atoms with van der Waals surface area (Å²) < 4.78 is 0.394. The number of unbranched alkanes of at least 4 members (excludes halogenated alkanes) is 21. The van der Waals surface area contributed by atoms with Crippen LogP contribution < -0.4 is 0 Å². The maximum atomic E-state index is 4.04. The van der Waals surface area contributed by atoms with Gasteiger partial charge >= 0.3 is 0 Å². The second-order valence-corrected chi connectivity index (χ2v) is 12.3. The van der Waals surface area contributed by atoms with E-state index in [9.17, 15) is 0 Å². The van der Waals surface area contributed by atoms with Crippen molar-refractivity contribution in [1.82, 2.24) is 0 Å². The normalized spacial score (nSPS) is 13.6. The van der Waals surface area contributed by atoms with Crippen LogP contribution in [0.2, 0.25) is 0 Å². The Labute approximate surface area is 201 Å². The largest absolute Gasteiger partial charge is 0.0856 e. The smallest absolute Gasteiger partial charge is 0.0229 e. The maximum absolute atomic E-state index is 4.04. The Bertz CT molecular complexity index is 309. The van der Waals surface area contributed by atoms with Gasteiger partial charge in [0.15, 0.2) is 0 Å². The highest BCUT2D eigenvalue weighted by atomic mass is 79.9. The molecule has 0 N–H and O–H groups in total. The van der Waals surface area contributed by atoms with E-state index in [1.807, 2.05) is 0 Å². The molecule has 0 aromatic heterocycles. The van der Waals surface area contributed by atoms with Gasteiger partial charge in [-0.05, 0) is 19.8 Å². The van der Waals surface area contributed by atoms with Crippen molar-refractivity contribution in [3.63, 3.8) is 0 Å². The molecule has 0 spiro atoms. The second-order valence-electron chi connectivity index (χ2n) is 10.3. The zero-order valence-corrected chi connectivity index (χ0v) is 23.1. The van der Waals surface area contributed by atoms with Crippen molar-refractivity contribution in [2.75, 3.05) is 0 Å². The van der Waals surface area contributed by atoms with Crippen molar-refractivity contribution >= 4 is 15.9 Å². The van der Waals surface area contributed by atoms with Crippen LogP contribution in [0.5, 0.6) is 0 Å². The molecule has 0 fully saturated rings. The van der Waals surface area contributed by atoms with E-state index in [0.717, 1.165) is 0 Å². The van der Waals surface area contributed by atoms with Gasteiger partial charge in [-0.3, -0.25) is 0 Å². The molecule has 0 aromatic carbocycles. The first-order valence-corrected chi connectivity index (χ1v) is 15.1. The van der Waals surface area contributed by atoms with Crippen molar-refractivity contribution in [2.24, 2.45) is 0 Å². The highest BCUT2D eigenvalue weighted by Crippen LogP contribution is 2.31. The average molecular weight is 488 g/mol. The molecule has 1 heteroatoms. The molecule has 1 unspecified atom stereocenters. The fourth-order valence-electron chi connectivity index (χ4n) is 4.62. The van der Waals surface area contributed by atoms with Gasteiger partial charge in [0.2, 0.25) is 0 Å². The summed E-state index contributed by atoms with van der Waals surface area (Å²) in [4.78, 5) is 0. The Morgan fingerprint density at radius 3 is 0.800 bits per heavy atom. The van der Waals surface area contributed by atoms with Crippen LogP contribution in [0.4, 0.5) is 0 Å². The monoisotopic (exact) mass is 486 g/mol. The van der Waals surface area contributed by atoms with E-state index >= 15 is 0 Å². The van der Waals surface area contributed by atoms with Gasteiger partial charge < -0.3 is 0 Å². The number of hydrogen-bond donors (Lipinski definition) is 0. The summed E-state index contributed by atoms with van der Waals surface area (Å²) in [6.45, 7) is 7.04. The average Bonchev–Trinajstić information content (AvgIpc) is 2.72. The van der Waals surface area contributed by atoms with Crippen LogP contribution in [0, 0.1) is 0 Å². The molecule has 182 valence electrons. The van der Waals surface area contributed by atoms with Crippen LogP contribution in [-0.2, 0) is 0 Å². The van der Waals surface area contributed by atoms with Crippen LogP contribution in [0.15, 0.2) is 0 Å². The van der Waals surface area contributed by atoms with Crippen molar-refractivity contribution in [3.8, 4) is 0 Å². The molecule has 0 aliphatic heterocycles. The molecule has 30 heavy (non-hydrogen) atoms. The Kier molecular flexibility index (Phi) is 24.5. The van der Waals surface area contributed by atoms with E-state index in [1.165, 1.54) is 161 Å². The van der Waals surface area contributed by atoms with Crippen molar-refractivity contribution in [1.29, 1.82) is 0 Å². The highest BCUT2D eigenvalue weighted by Gasteiger charge is 2.18. The summed E-state index contributed by atoms with van der Waals surface area (Å²) in [7, 11) is 0. The third-order valence-corrected chi connectivity index (χ3v) is 7.65. The molecule has 0 amide bonds. The Morgan fingerprint density at radius 1 is 0.367 bits per heavy atom. The lowest BCUT2D eigenvalue weighted by Crippen LogP contribution is -2.15. The minimum atomic E-state index is 0.394. The van der Waals surface area contributed by atoms with E-state index in [1.54, 1.807) is 0 Å². The van der Waals surface area contributed by atoms with Gasteiger partial charge in [0.25, 0.3) is 0 Å². The Balaban J connectivity index is 3.29. The number of hydrogen-bond acceptors (Lipinski definition) is 0. The third kappa shape index (κ3) is 24.7. The Morgan fingerprint density at radius 2 is 0.567 bits per heavy atom. The summed E-state index contributed by atoms with van der Waals surface area (Å²) in [5.41, 5.74) is 0. The lowest BCUT2D eigenvalue weighted by Gasteiger charge is -2.22. The molecule has 0 radical (unpaired) electrons. The van der Waals surface area contributed by atoms with Crippen molar-refractivity contribution in [3.05, 3.63) is 0 Å². The Hall–Kier alpha value is 0.480. The third-order valence-electron chi connectivity index (χ3n) is 6.85. The molecule has 0 aliphatic rings. The van der Waals surface area contributed by atoms with Gasteiger partial charge in [0, 0.05) is 4.32 Å². The number of halogens is 1.